The summed E-state index contributed by atoms with van der Waals surface area (Å²) in [5.74, 6) is 0. The van der Waals surface area contributed by atoms with E-state index in [1.54, 1.807) is 6.20 Å². The molecule has 4 heteroatoms. The number of aliphatic hydroxyl groups excluding tert-OH is 1. The highest BCUT2D eigenvalue weighted by atomic mass is 16.3. The summed E-state index contributed by atoms with van der Waals surface area (Å²) in [4.78, 5) is 0. The number of nitrogens with zero attached hydrogens (tertiary/aromatic N) is 3. The maximum absolute atomic E-state index is 10.2. The Labute approximate surface area is 95.5 Å². The second-order valence-corrected chi connectivity index (χ2v) is 4.56. The fourth-order valence-corrected chi connectivity index (χ4v) is 2.20. The molecule has 0 spiro atoms. The Balaban J connectivity index is 2.14. The van der Waals surface area contributed by atoms with Gasteiger partial charge in [0.2, 0.25) is 0 Å². The molecule has 4 nitrogen and oxygen atoms in total. The number of aryl methyl sites for hydroxylation is 1. The van der Waals surface area contributed by atoms with Crippen molar-refractivity contribution in [3.05, 3.63) is 18.0 Å². The average molecular weight is 219 g/mol. The van der Waals surface area contributed by atoms with Crippen molar-refractivity contribution in [2.45, 2.75) is 45.3 Å². The maximum atomic E-state index is 10.2. The third-order valence-electron chi connectivity index (χ3n) is 3.41. The average Bonchev–Trinajstić information content (AvgIpc) is 2.66. The summed E-state index contributed by atoms with van der Waals surface area (Å²) < 4.78 is 1.82. The molecule has 1 atom stereocenters. The molecule has 0 saturated heterocycles. The maximum Gasteiger partial charge on any atom is 0.101 e. The van der Waals surface area contributed by atoms with Crippen LogP contribution in [0, 0.1) is 16.7 Å². The molecular weight excluding hydrogens is 202 g/mol. The monoisotopic (exact) mass is 219 g/mol. The zero-order valence-corrected chi connectivity index (χ0v) is 9.56. The van der Waals surface area contributed by atoms with E-state index in [0.29, 0.717) is 0 Å². The molecule has 1 aliphatic rings. The standard InChI is InChI=1S/C12H17N3O/c1-2-6-15-8-10(7-14-15)11(16)12(9-13)4-3-5-12/h7-8,11,16H,2-6H2,1H3. The summed E-state index contributed by atoms with van der Waals surface area (Å²) in [6.45, 7) is 2.94. The normalized spacial score (nSPS) is 19.8. The second kappa shape index (κ2) is 4.26. The van der Waals surface area contributed by atoms with Crippen molar-refractivity contribution in [3.8, 4) is 6.07 Å². The summed E-state index contributed by atoms with van der Waals surface area (Å²) in [5, 5.41) is 23.5. The molecule has 86 valence electrons. The van der Waals surface area contributed by atoms with Gasteiger partial charge in [0.15, 0.2) is 0 Å². The smallest absolute Gasteiger partial charge is 0.101 e. The van der Waals surface area contributed by atoms with Crippen molar-refractivity contribution >= 4 is 0 Å². The third kappa shape index (κ3) is 1.72. The van der Waals surface area contributed by atoms with Gasteiger partial charge in [-0.1, -0.05) is 13.3 Å². The topological polar surface area (TPSA) is 61.8 Å². The summed E-state index contributed by atoms with van der Waals surface area (Å²) in [5.41, 5.74) is 0.217. The van der Waals surface area contributed by atoms with Gasteiger partial charge in [0, 0.05) is 18.3 Å². The van der Waals surface area contributed by atoms with E-state index < -0.39 is 11.5 Å². The first kappa shape index (κ1) is 11.2. The molecule has 0 aromatic carbocycles. The van der Waals surface area contributed by atoms with Crippen LogP contribution in [0.1, 0.15) is 44.3 Å². The Morgan fingerprint density at radius 2 is 2.44 bits per heavy atom. The number of rotatable bonds is 4. The molecule has 16 heavy (non-hydrogen) atoms. The number of aliphatic hydroxyl groups is 1. The minimum Gasteiger partial charge on any atom is -0.387 e. The molecule has 1 heterocycles. The van der Waals surface area contributed by atoms with Crippen LogP contribution in [0.4, 0.5) is 0 Å². The highest BCUT2D eigenvalue weighted by Crippen LogP contribution is 2.49. The molecule has 1 N–H and O–H groups in total. The molecule has 1 aromatic rings. The fraction of sp³-hybridized carbons (Fsp3) is 0.667. The third-order valence-corrected chi connectivity index (χ3v) is 3.41. The van der Waals surface area contributed by atoms with Crippen molar-refractivity contribution in [1.82, 2.24) is 9.78 Å². The van der Waals surface area contributed by atoms with Crippen LogP contribution in [0.25, 0.3) is 0 Å². The van der Waals surface area contributed by atoms with E-state index in [4.69, 9.17) is 5.26 Å². The van der Waals surface area contributed by atoms with E-state index in [9.17, 15) is 5.11 Å². The first-order valence-corrected chi connectivity index (χ1v) is 5.83. The summed E-state index contributed by atoms with van der Waals surface area (Å²) in [6, 6.07) is 2.27. The molecule has 0 radical (unpaired) electrons. The van der Waals surface area contributed by atoms with Crippen LogP contribution >= 0.6 is 0 Å². The first-order valence-electron chi connectivity index (χ1n) is 5.83. The molecule has 0 bridgehead atoms. The minimum atomic E-state index is -0.683. The van der Waals surface area contributed by atoms with Crippen LogP contribution in [0.2, 0.25) is 0 Å². The van der Waals surface area contributed by atoms with E-state index in [1.165, 1.54) is 0 Å². The second-order valence-electron chi connectivity index (χ2n) is 4.56. The summed E-state index contributed by atoms with van der Waals surface area (Å²) in [6.07, 6.45) is 6.49. The zero-order valence-electron chi connectivity index (χ0n) is 9.56. The van der Waals surface area contributed by atoms with Gasteiger partial charge in [0.1, 0.15) is 6.10 Å². The SMILES string of the molecule is CCCn1cc(C(O)C2(C#N)CCC2)cn1. The lowest BCUT2D eigenvalue weighted by Crippen LogP contribution is -2.34. The predicted octanol–water partition coefficient (Wildman–Crippen LogP) is 2.02. The van der Waals surface area contributed by atoms with Crippen LogP contribution in [0.15, 0.2) is 12.4 Å². The number of hydrogen-bond donors (Lipinski definition) is 1. The van der Waals surface area contributed by atoms with Gasteiger partial charge in [-0.25, -0.2) is 0 Å². The van der Waals surface area contributed by atoms with Crippen LogP contribution in [-0.2, 0) is 6.54 Å². The Hall–Kier alpha value is -1.34. The molecule has 1 aromatic heterocycles. The predicted molar refractivity (Wildman–Crippen MR) is 59.4 cm³/mol. The molecule has 1 unspecified atom stereocenters. The number of nitriles is 1. The van der Waals surface area contributed by atoms with E-state index in [-0.39, 0.29) is 0 Å². The lowest BCUT2D eigenvalue weighted by molar-refractivity contribution is 0.00789. The fourth-order valence-electron chi connectivity index (χ4n) is 2.20. The highest BCUT2D eigenvalue weighted by Gasteiger charge is 2.45. The van der Waals surface area contributed by atoms with Crippen LogP contribution in [0.3, 0.4) is 0 Å². The van der Waals surface area contributed by atoms with Gasteiger partial charge in [-0.15, -0.1) is 0 Å². The van der Waals surface area contributed by atoms with Gasteiger partial charge < -0.3 is 5.11 Å². The Morgan fingerprint density at radius 3 is 2.94 bits per heavy atom. The van der Waals surface area contributed by atoms with Crippen molar-refractivity contribution < 1.29 is 5.11 Å². The van der Waals surface area contributed by atoms with Gasteiger partial charge in [-0.05, 0) is 19.3 Å². The van der Waals surface area contributed by atoms with Gasteiger partial charge >= 0.3 is 0 Å². The van der Waals surface area contributed by atoms with E-state index >= 15 is 0 Å². The van der Waals surface area contributed by atoms with E-state index in [2.05, 4.69) is 18.1 Å². The van der Waals surface area contributed by atoms with Crippen LogP contribution < -0.4 is 0 Å². The van der Waals surface area contributed by atoms with E-state index in [0.717, 1.165) is 37.8 Å². The highest BCUT2D eigenvalue weighted by molar-refractivity contribution is 5.20. The van der Waals surface area contributed by atoms with Crippen molar-refractivity contribution in [2.24, 2.45) is 5.41 Å². The molecule has 1 fully saturated rings. The van der Waals surface area contributed by atoms with Crippen molar-refractivity contribution in [3.63, 3.8) is 0 Å². The van der Waals surface area contributed by atoms with Gasteiger partial charge in [0.25, 0.3) is 0 Å². The minimum absolute atomic E-state index is 0.555. The molecule has 0 amide bonds. The van der Waals surface area contributed by atoms with Gasteiger partial charge in [-0.3, -0.25) is 4.68 Å². The Bertz CT molecular complexity index is 401. The Morgan fingerprint density at radius 1 is 1.69 bits per heavy atom. The Kier molecular flexibility index (Phi) is 2.97. The van der Waals surface area contributed by atoms with Crippen LogP contribution in [0.5, 0.6) is 0 Å². The molecular formula is C12H17N3O. The molecule has 2 rings (SSSR count). The quantitative estimate of drug-likeness (QED) is 0.842. The first-order chi connectivity index (χ1) is 7.72. The number of hydrogen-bond acceptors (Lipinski definition) is 3. The van der Waals surface area contributed by atoms with Gasteiger partial charge in [-0.2, -0.15) is 10.4 Å². The molecule has 1 aliphatic carbocycles. The van der Waals surface area contributed by atoms with E-state index in [1.807, 2.05) is 10.9 Å². The molecule has 1 saturated carbocycles. The largest absolute Gasteiger partial charge is 0.387 e. The zero-order chi connectivity index (χ0) is 11.6. The number of aromatic nitrogens is 2. The summed E-state index contributed by atoms with van der Waals surface area (Å²) >= 11 is 0. The van der Waals surface area contributed by atoms with Crippen molar-refractivity contribution in [2.75, 3.05) is 0 Å². The van der Waals surface area contributed by atoms with Crippen molar-refractivity contribution in [1.29, 1.82) is 5.26 Å². The lowest BCUT2D eigenvalue weighted by Gasteiger charge is -2.38. The summed E-state index contributed by atoms with van der Waals surface area (Å²) in [7, 11) is 0. The molecule has 0 aliphatic heterocycles. The lowest BCUT2D eigenvalue weighted by atomic mass is 9.65. The van der Waals surface area contributed by atoms with Gasteiger partial charge in [0.05, 0.1) is 17.7 Å². The van der Waals surface area contributed by atoms with Crippen LogP contribution in [-0.4, -0.2) is 14.9 Å².